The van der Waals surface area contributed by atoms with E-state index in [1.807, 2.05) is 20.0 Å². The summed E-state index contributed by atoms with van der Waals surface area (Å²) in [5, 5.41) is 2.10. The minimum atomic E-state index is 0.639. The number of hydrogen-bond donors (Lipinski definition) is 2. The van der Waals surface area contributed by atoms with E-state index >= 15 is 0 Å². The predicted octanol–water partition coefficient (Wildman–Crippen LogP) is 1.81. The normalized spacial score (nSPS) is 10.4. The Morgan fingerprint density at radius 3 is 2.94 bits per heavy atom. The van der Waals surface area contributed by atoms with Gasteiger partial charge in [-0.1, -0.05) is 6.07 Å². The van der Waals surface area contributed by atoms with E-state index in [0.717, 1.165) is 18.8 Å². The van der Waals surface area contributed by atoms with Gasteiger partial charge in [0, 0.05) is 24.5 Å². The standard InChI is InChI=1S/C12H17N5S/c1-9-14-11(16-13)8-12(15-9)17(2)6-5-10-4-3-7-18-10/h3-4,7-8H,5-6,13H2,1-2H3,(H,14,15,16). The Kier molecular flexibility index (Phi) is 4.11. The minimum absolute atomic E-state index is 0.639. The van der Waals surface area contributed by atoms with E-state index in [2.05, 4.69) is 37.8 Å². The van der Waals surface area contributed by atoms with E-state index < -0.39 is 0 Å². The first-order valence-electron chi connectivity index (χ1n) is 5.75. The maximum Gasteiger partial charge on any atom is 0.145 e. The summed E-state index contributed by atoms with van der Waals surface area (Å²) in [5.74, 6) is 7.61. The highest BCUT2D eigenvalue weighted by Crippen LogP contribution is 2.15. The van der Waals surface area contributed by atoms with Crippen molar-refractivity contribution in [2.24, 2.45) is 5.84 Å². The highest BCUT2D eigenvalue weighted by molar-refractivity contribution is 7.09. The summed E-state index contributed by atoms with van der Waals surface area (Å²) in [6, 6.07) is 6.07. The Morgan fingerprint density at radius 1 is 1.44 bits per heavy atom. The van der Waals surface area contributed by atoms with E-state index in [0.29, 0.717) is 11.6 Å². The molecule has 3 N–H and O–H groups in total. The molecule has 0 saturated heterocycles. The Labute approximate surface area is 111 Å². The quantitative estimate of drug-likeness (QED) is 0.636. The van der Waals surface area contributed by atoms with Gasteiger partial charge >= 0.3 is 0 Å². The topological polar surface area (TPSA) is 67.1 Å². The third-order valence-corrected chi connectivity index (χ3v) is 3.57. The fourth-order valence-corrected chi connectivity index (χ4v) is 2.37. The van der Waals surface area contributed by atoms with Crippen LogP contribution in [0.5, 0.6) is 0 Å². The molecule has 0 aromatic carbocycles. The summed E-state index contributed by atoms with van der Waals surface area (Å²) in [4.78, 5) is 12.1. The van der Waals surface area contributed by atoms with Crippen molar-refractivity contribution in [3.8, 4) is 0 Å². The van der Waals surface area contributed by atoms with Gasteiger partial charge in [-0.05, 0) is 24.8 Å². The Morgan fingerprint density at radius 2 is 2.28 bits per heavy atom. The lowest BCUT2D eigenvalue weighted by molar-refractivity contribution is 0.856. The van der Waals surface area contributed by atoms with E-state index in [1.165, 1.54) is 4.88 Å². The molecule has 96 valence electrons. The second kappa shape index (κ2) is 5.79. The van der Waals surface area contributed by atoms with E-state index in [1.54, 1.807) is 11.3 Å². The molecule has 18 heavy (non-hydrogen) atoms. The molecule has 5 nitrogen and oxygen atoms in total. The van der Waals surface area contributed by atoms with Crippen LogP contribution in [-0.2, 0) is 6.42 Å². The highest BCUT2D eigenvalue weighted by atomic mass is 32.1. The number of anilines is 2. The number of rotatable bonds is 5. The van der Waals surface area contributed by atoms with Crippen LogP contribution in [0.3, 0.4) is 0 Å². The van der Waals surface area contributed by atoms with Crippen molar-refractivity contribution in [1.29, 1.82) is 0 Å². The first-order valence-corrected chi connectivity index (χ1v) is 6.63. The summed E-state index contributed by atoms with van der Waals surface area (Å²) in [5.41, 5.74) is 2.56. The number of nitrogens with zero attached hydrogens (tertiary/aromatic N) is 3. The number of nitrogens with one attached hydrogen (secondary N) is 1. The molecule has 6 heteroatoms. The summed E-state index contributed by atoms with van der Waals surface area (Å²) in [7, 11) is 2.02. The first kappa shape index (κ1) is 12.8. The van der Waals surface area contributed by atoms with Crippen molar-refractivity contribution in [1.82, 2.24) is 9.97 Å². The van der Waals surface area contributed by atoms with Gasteiger partial charge in [-0.25, -0.2) is 15.8 Å². The second-order valence-corrected chi connectivity index (χ2v) is 5.09. The molecule has 0 aliphatic heterocycles. The zero-order chi connectivity index (χ0) is 13.0. The number of aryl methyl sites for hydroxylation is 1. The fraction of sp³-hybridized carbons (Fsp3) is 0.333. The number of hydrazine groups is 1. The van der Waals surface area contributed by atoms with Crippen molar-refractivity contribution in [3.63, 3.8) is 0 Å². The maximum absolute atomic E-state index is 5.38. The molecule has 2 aromatic rings. The molecule has 2 heterocycles. The van der Waals surface area contributed by atoms with Crippen molar-refractivity contribution < 1.29 is 0 Å². The van der Waals surface area contributed by atoms with Gasteiger partial charge < -0.3 is 10.3 Å². The lowest BCUT2D eigenvalue weighted by atomic mass is 10.3. The monoisotopic (exact) mass is 263 g/mol. The van der Waals surface area contributed by atoms with Crippen LogP contribution in [0.4, 0.5) is 11.6 Å². The zero-order valence-electron chi connectivity index (χ0n) is 10.6. The molecule has 0 aliphatic rings. The lowest BCUT2D eigenvalue weighted by Crippen LogP contribution is -2.22. The van der Waals surface area contributed by atoms with Gasteiger partial charge in [0.15, 0.2) is 0 Å². The number of hydrogen-bond acceptors (Lipinski definition) is 6. The van der Waals surface area contributed by atoms with Crippen LogP contribution in [0, 0.1) is 6.92 Å². The second-order valence-electron chi connectivity index (χ2n) is 4.05. The number of likely N-dealkylation sites (N-methyl/N-ethyl adjacent to an activating group) is 1. The predicted molar refractivity (Wildman–Crippen MR) is 75.9 cm³/mol. The van der Waals surface area contributed by atoms with Gasteiger partial charge in [0.05, 0.1) is 0 Å². The zero-order valence-corrected chi connectivity index (χ0v) is 11.4. The minimum Gasteiger partial charge on any atom is -0.359 e. The van der Waals surface area contributed by atoms with Gasteiger partial charge in [0.1, 0.15) is 17.5 Å². The number of aromatic nitrogens is 2. The van der Waals surface area contributed by atoms with Crippen molar-refractivity contribution in [2.75, 3.05) is 23.9 Å². The molecule has 0 fully saturated rings. The smallest absolute Gasteiger partial charge is 0.145 e. The molecule has 0 atom stereocenters. The lowest BCUT2D eigenvalue weighted by Gasteiger charge is -2.18. The van der Waals surface area contributed by atoms with Crippen LogP contribution in [0.2, 0.25) is 0 Å². The third-order valence-electron chi connectivity index (χ3n) is 2.64. The number of nitrogen functional groups attached to an aromatic ring is 1. The van der Waals surface area contributed by atoms with Crippen LogP contribution < -0.4 is 16.2 Å². The first-order chi connectivity index (χ1) is 8.69. The van der Waals surface area contributed by atoms with E-state index in [4.69, 9.17) is 5.84 Å². The van der Waals surface area contributed by atoms with Crippen LogP contribution in [0.15, 0.2) is 23.6 Å². The van der Waals surface area contributed by atoms with Crippen LogP contribution >= 0.6 is 11.3 Å². The molecular weight excluding hydrogens is 246 g/mol. The molecule has 0 radical (unpaired) electrons. The Hall–Kier alpha value is -1.66. The van der Waals surface area contributed by atoms with Gasteiger partial charge in [0.25, 0.3) is 0 Å². The van der Waals surface area contributed by atoms with Crippen molar-refractivity contribution in [3.05, 3.63) is 34.3 Å². The molecule has 0 bridgehead atoms. The van der Waals surface area contributed by atoms with Gasteiger partial charge in [-0.15, -0.1) is 11.3 Å². The van der Waals surface area contributed by atoms with E-state index in [9.17, 15) is 0 Å². The van der Waals surface area contributed by atoms with Crippen LogP contribution in [0.1, 0.15) is 10.7 Å². The van der Waals surface area contributed by atoms with Gasteiger partial charge in [0.2, 0.25) is 0 Å². The fourth-order valence-electron chi connectivity index (χ4n) is 1.67. The van der Waals surface area contributed by atoms with Crippen LogP contribution in [0.25, 0.3) is 0 Å². The molecular formula is C12H17N5S. The van der Waals surface area contributed by atoms with Gasteiger partial charge in [-0.3, -0.25) is 0 Å². The average molecular weight is 263 g/mol. The summed E-state index contributed by atoms with van der Waals surface area (Å²) >= 11 is 1.78. The molecule has 0 aliphatic carbocycles. The van der Waals surface area contributed by atoms with Gasteiger partial charge in [-0.2, -0.15) is 0 Å². The molecule has 0 saturated carbocycles. The molecule has 0 unspecified atom stereocenters. The maximum atomic E-state index is 5.38. The summed E-state index contributed by atoms with van der Waals surface area (Å²) < 4.78 is 0. The van der Waals surface area contributed by atoms with Crippen molar-refractivity contribution >= 4 is 23.0 Å². The summed E-state index contributed by atoms with van der Waals surface area (Å²) in [6.07, 6.45) is 1.02. The van der Waals surface area contributed by atoms with Crippen molar-refractivity contribution in [2.45, 2.75) is 13.3 Å². The molecule has 2 aromatic heterocycles. The Balaban J connectivity index is 2.03. The largest absolute Gasteiger partial charge is 0.359 e. The highest BCUT2D eigenvalue weighted by Gasteiger charge is 2.06. The van der Waals surface area contributed by atoms with E-state index in [-0.39, 0.29) is 0 Å². The number of nitrogens with two attached hydrogens (primary N) is 1. The van der Waals surface area contributed by atoms with Crippen LogP contribution in [-0.4, -0.2) is 23.6 Å². The molecule has 0 spiro atoms. The summed E-state index contributed by atoms with van der Waals surface area (Å²) in [6.45, 7) is 2.78. The number of thiophene rings is 1. The SMILES string of the molecule is Cc1nc(NN)cc(N(C)CCc2cccs2)n1. The third kappa shape index (κ3) is 3.18. The average Bonchev–Trinajstić information content (AvgIpc) is 2.88. The molecule has 2 rings (SSSR count). The molecule has 0 amide bonds. The Bertz CT molecular complexity index is 497.